The number of ether oxygens (including phenoxy) is 1. The van der Waals surface area contributed by atoms with Gasteiger partial charge in [0.15, 0.2) is 0 Å². The van der Waals surface area contributed by atoms with E-state index in [1.807, 2.05) is 27.7 Å². The Morgan fingerprint density at radius 1 is 1.50 bits per heavy atom. The summed E-state index contributed by atoms with van der Waals surface area (Å²) in [5.41, 5.74) is -0.434. The third-order valence-corrected chi connectivity index (χ3v) is 1.80. The van der Waals surface area contributed by atoms with Gasteiger partial charge in [0, 0.05) is 11.9 Å². The Morgan fingerprint density at radius 2 is 2.07 bits per heavy atom. The summed E-state index contributed by atoms with van der Waals surface area (Å²) in [6, 6.07) is 0.114. The van der Waals surface area contributed by atoms with Crippen LogP contribution in [0.5, 0.6) is 0 Å². The minimum atomic E-state index is -0.434. The van der Waals surface area contributed by atoms with Crippen molar-refractivity contribution in [3.05, 3.63) is 0 Å². The van der Waals surface area contributed by atoms with Gasteiger partial charge < -0.3 is 10.1 Å². The van der Waals surface area contributed by atoms with Crippen LogP contribution in [-0.2, 0) is 4.74 Å². The third-order valence-electron chi connectivity index (χ3n) is 1.53. The maximum atomic E-state index is 11.3. The smallest absolute Gasteiger partial charge is 0.407 e. The predicted octanol–water partition coefficient (Wildman–Crippen LogP) is 2.92. The monoisotopic (exact) mass is 221 g/mol. The van der Waals surface area contributed by atoms with Gasteiger partial charge in [0.25, 0.3) is 0 Å². The SMILES string of the molecule is CC(CCCCl)NC(=O)OC(C)(C)C. The van der Waals surface area contributed by atoms with Gasteiger partial charge in [-0.3, -0.25) is 0 Å². The minimum absolute atomic E-state index is 0.114. The number of amides is 1. The minimum Gasteiger partial charge on any atom is -0.444 e. The molecule has 1 N–H and O–H groups in total. The van der Waals surface area contributed by atoms with E-state index in [2.05, 4.69) is 5.32 Å². The lowest BCUT2D eigenvalue weighted by atomic mass is 10.2. The predicted molar refractivity (Wildman–Crippen MR) is 58.8 cm³/mol. The number of hydrogen-bond donors (Lipinski definition) is 1. The van der Waals surface area contributed by atoms with E-state index in [0.717, 1.165) is 12.8 Å². The van der Waals surface area contributed by atoms with E-state index in [4.69, 9.17) is 16.3 Å². The van der Waals surface area contributed by atoms with Crippen molar-refractivity contribution in [3.63, 3.8) is 0 Å². The molecule has 1 atom stereocenters. The summed E-state index contributed by atoms with van der Waals surface area (Å²) in [5.74, 6) is 0.625. The molecule has 0 heterocycles. The van der Waals surface area contributed by atoms with Crippen LogP contribution in [0.25, 0.3) is 0 Å². The molecule has 0 aromatic heterocycles. The largest absolute Gasteiger partial charge is 0.444 e. The second-order valence-electron chi connectivity index (χ2n) is 4.38. The van der Waals surface area contributed by atoms with Gasteiger partial charge in [-0.05, 0) is 40.5 Å². The molecule has 0 aliphatic heterocycles. The maximum Gasteiger partial charge on any atom is 0.407 e. The Labute approximate surface area is 91.2 Å². The molecule has 0 bridgehead atoms. The molecule has 0 spiro atoms. The molecule has 0 radical (unpaired) electrons. The van der Waals surface area contributed by atoms with Crippen LogP contribution in [0.15, 0.2) is 0 Å². The van der Waals surface area contributed by atoms with Gasteiger partial charge >= 0.3 is 6.09 Å². The van der Waals surface area contributed by atoms with E-state index in [0.29, 0.717) is 5.88 Å². The van der Waals surface area contributed by atoms with Gasteiger partial charge in [-0.25, -0.2) is 4.79 Å². The van der Waals surface area contributed by atoms with Crippen molar-refractivity contribution >= 4 is 17.7 Å². The van der Waals surface area contributed by atoms with Crippen LogP contribution in [0.1, 0.15) is 40.5 Å². The normalized spacial score (nSPS) is 13.5. The summed E-state index contributed by atoms with van der Waals surface area (Å²) in [6.45, 7) is 7.47. The fourth-order valence-corrected chi connectivity index (χ4v) is 1.12. The van der Waals surface area contributed by atoms with Gasteiger partial charge in [-0.15, -0.1) is 11.6 Å². The molecule has 0 saturated heterocycles. The van der Waals surface area contributed by atoms with Gasteiger partial charge in [-0.1, -0.05) is 0 Å². The Bertz CT molecular complexity index is 177. The fraction of sp³-hybridized carbons (Fsp3) is 0.900. The number of carbonyl (C=O) groups is 1. The molecule has 0 aromatic carbocycles. The highest BCUT2D eigenvalue weighted by Crippen LogP contribution is 2.07. The van der Waals surface area contributed by atoms with Crippen molar-refractivity contribution < 1.29 is 9.53 Å². The molecule has 1 unspecified atom stereocenters. The summed E-state index contributed by atoms with van der Waals surface area (Å²) < 4.78 is 5.11. The Hall–Kier alpha value is -0.440. The van der Waals surface area contributed by atoms with Crippen molar-refractivity contribution in [1.82, 2.24) is 5.32 Å². The lowest BCUT2D eigenvalue weighted by Gasteiger charge is -2.21. The molecule has 0 aromatic rings. The average molecular weight is 222 g/mol. The van der Waals surface area contributed by atoms with Crippen molar-refractivity contribution in [2.45, 2.75) is 52.2 Å². The molecule has 4 heteroatoms. The second-order valence-corrected chi connectivity index (χ2v) is 4.76. The van der Waals surface area contributed by atoms with Crippen molar-refractivity contribution in [2.75, 3.05) is 5.88 Å². The summed E-state index contributed by atoms with van der Waals surface area (Å²) in [5, 5.41) is 2.75. The van der Waals surface area contributed by atoms with Crippen LogP contribution in [0.3, 0.4) is 0 Å². The molecule has 84 valence electrons. The van der Waals surface area contributed by atoms with Crippen LogP contribution in [0.2, 0.25) is 0 Å². The highest BCUT2D eigenvalue weighted by atomic mass is 35.5. The highest BCUT2D eigenvalue weighted by Gasteiger charge is 2.17. The molecular weight excluding hydrogens is 202 g/mol. The first-order valence-corrected chi connectivity index (χ1v) is 5.44. The number of alkyl carbamates (subject to hydrolysis) is 1. The van der Waals surface area contributed by atoms with E-state index >= 15 is 0 Å². The zero-order valence-electron chi connectivity index (χ0n) is 9.39. The molecule has 0 aliphatic carbocycles. The van der Waals surface area contributed by atoms with Crippen LogP contribution < -0.4 is 5.32 Å². The first kappa shape index (κ1) is 13.6. The molecule has 0 saturated carbocycles. The first-order valence-electron chi connectivity index (χ1n) is 4.90. The van der Waals surface area contributed by atoms with E-state index in [-0.39, 0.29) is 12.1 Å². The third kappa shape index (κ3) is 8.17. The quantitative estimate of drug-likeness (QED) is 0.742. The van der Waals surface area contributed by atoms with Crippen LogP contribution in [-0.4, -0.2) is 23.6 Å². The van der Waals surface area contributed by atoms with Crippen LogP contribution in [0.4, 0.5) is 4.79 Å². The number of carbonyl (C=O) groups excluding carboxylic acids is 1. The Morgan fingerprint density at radius 3 is 2.50 bits per heavy atom. The topological polar surface area (TPSA) is 38.3 Å². The van der Waals surface area contributed by atoms with E-state index in [1.165, 1.54) is 0 Å². The van der Waals surface area contributed by atoms with Gasteiger partial charge in [-0.2, -0.15) is 0 Å². The van der Waals surface area contributed by atoms with Gasteiger partial charge in [0.2, 0.25) is 0 Å². The maximum absolute atomic E-state index is 11.3. The highest BCUT2D eigenvalue weighted by molar-refractivity contribution is 6.17. The second kappa shape index (κ2) is 6.12. The molecule has 1 amide bonds. The zero-order chi connectivity index (χ0) is 11.2. The molecule has 0 aliphatic rings. The molecule has 14 heavy (non-hydrogen) atoms. The van der Waals surface area contributed by atoms with Gasteiger partial charge in [0.05, 0.1) is 0 Å². The number of hydrogen-bond acceptors (Lipinski definition) is 2. The van der Waals surface area contributed by atoms with E-state index in [9.17, 15) is 4.79 Å². The van der Waals surface area contributed by atoms with Crippen LogP contribution in [0, 0.1) is 0 Å². The number of alkyl halides is 1. The van der Waals surface area contributed by atoms with Crippen molar-refractivity contribution in [3.8, 4) is 0 Å². The molecule has 0 rings (SSSR count). The Balaban J connectivity index is 3.71. The first-order chi connectivity index (χ1) is 6.35. The summed E-state index contributed by atoms with van der Waals surface area (Å²) in [6.07, 6.45) is 1.42. The zero-order valence-corrected chi connectivity index (χ0v) is 10.1. The van der Waals surface area contributed by atoms with Crippen molar-refractivity contribution in [2.24, 2.45) is 0 Å². The standard InChI is InChI=1S/C10H20ClNO2/c1-8(6-5-7-11)12-9(13)14-10(2,3)4/h8H,5-7H2,1-4H3,(H,12,13). The fourth-order valence-electron chi connectivity index (χ4n) is 0.964. The molecular formula is C10H20ClNO2. The molecule has 3 nitrogen and oxygen atoms in total. The molecule has 0 fully saturated rings. The van der Waals surface area contributed by atoms with E-state index < -0.39 is 5.60 Å². The van der Waals surface area contributed by atoms with Crippen LogP contribution >= 0.6 is 11.6 Å². The summed E-state index contributed by atoms with van der Waals surface area (Å²) in [4.78, 5) is 11.3. The number of nitrogens with one attached hydrogen (secondary N) is 1. The lowest BCUT2D eigenvalue weighted by Crippen LogP contribution is -2.37. The lowest BCUT2D eigenvalue weighted by molar-refractivity contribution is 0.0506. The van der Waals surface area contributed by atoms with Crippen molar-refractivity contribution in [1.29, 1.82) is 0 Å². The Kier molecular flexibility index (Phi) is 5.93. The summed E-state index contributed by atoms with van der Waals surface area (Å²) in [7, 11) is 0. The summed E-state index contributed by atoms with van der Waals surface area (Å²) >= 11 is 5.54. The number of halogens is 1. The van der Waals surface area contributed by atoms with Gasteiger partial charge in [0.1, 0.15) is 5.60 Å². The average Bonchev–Trinajstić information content (AvgIpc) is 1.96. The number of rotatable bonds is 4. The van der Waals surface area contributed by atoms with E-state index in [1.54, 1.807) is 0 Å².